The largest absolute Gasteiger partial charge is 0.481 e. The molecular formula is C26H28N3O6+. The fourth-order valence-electron chi connectivity index (χ4n) is 3.85. The monoisotopic (exact) mass is 478 g/mol. The first-order valence-electron chi connectivity index (χ1n) is 11.4. The SMILES string of the molecule is O=C(O)CC/C=C/C1=C(C(=O)N[C@@H](Cc2ccccc2)C(=O)Nc2ccc([N+](=O)O)cc2)CCC1. The first-order chi connectivity index (χ1) is 16.8. The molecule has 0 aliphatic heterocycles. The molecule has 1 atom stereocenters. The summed E-state index contributed by atoms with van der Waals surface area (Å²) in [6.45, 7) is 0. The lowest BCUT2D eigenvalue weighted by Gasteiger charge is -2.19. The number of carboxylic acids is 1. The van der Waals surface area contributed by atoms with Gasteiger partial charge in [-0.15, -0.1) is 0 Å². The molecule has 4 N–H and O–H groups in total. The van der Waals surface area contributed by atoms with Crippen molar-refractivity contribution in [2.45, 2.75) is 44.6 Å². The molecule has 182 valence electrons. The van der Waals surface area contributed by atoms with E-state index >= 15 is 0 Å². The van der Waals surface area contributed by atoms with Gasteiger partial charge in [0.2, 0.25) is 11.8 Å². The lowest BCUT2D eigenvalue weighted by molar-refractivity contribution is -0.729. The average molecular weight is 479 g/mol. The minimum Gasteiger partial charge on any atom is -0.481 e. The number of amides is 2. The normalized spacial score (nSPS) is 14.1. The maximum absolute atomic E-state index is 13.1. The zero-order valence-electron chi connectivity index (χ0n) is 19.1. The molecule has 1 aliphatic carbocycles. The average Bonchev–Trinajstić information content (AvgIpc) is 3.31. The minimum atomic E-state index is -0.876. The van der Waals surface area contributed by atoms with Crippen LogP contribution >= 0.6 is 0 Å². The van der Waals surface area contributed by atoms with Crippen molar-refractivity contribution >= 4 is 29.2 Å². The molecule has 3 rings (SSSR count). The Morgan fingerprint density at radius 3 is 2.40 bits per heavy atom. The molecule has 2 aromatic rings. The van der Waals surface area contributed by atoms with E-state index < -0.39 is 17.9 Å². The molecule has 0 unspecified atom stereocenters. The van der Waals surface area contributed by atoms with Crippen LogP contribution in [0, 0.1) is 4.91 Å². The minimum absolute atomic E-state index is 0.0225. The molecule has 2 amide bonds. The number of hydrogen-bond donors (Lipinski definition) is 4. The lowest BCUT2D eigenvalue weighted by Crippen LogP contribution is -2.45. The van der Waals surface area contributed by atoms with Crippen molar-refractivity contribution in [1.82, 2.24) is 5.32 Å². The third-order valence-electron chi connectivity index (χ3n) is 5.64. The third-order valence-corrected chi connectivity index (χ3v) is 5.64. The van der Waals surface area contributed by atoms with Crippen LogP contribution in [-0.4, -0.2) is 39.1 Å². The van der Waals surface area contributed by atoms with E-state index in [4.69, 9.17) is 10.3 Å². The summed E-state index contributed by atoms with van der Waals surface area (Å²) in [4.78, 5) is 47.7. The Morgan fingerprint density at radius 2 is 1.74 bits per heavy atom. The van der Waals surface area contributed by atoms with Crippen molar-refractivity contribution in [3.8, 4) is 0 Å². The molecule has 0 fully saturated rings. The zero-order chi connectivity index (χ0) is 25.2. The Bertz CT molecular complexity index is 1140. The highest BCUT2D eigenvalue weighted by Gasteiger charge is 2.26. The number of benzene rings is 2. The molecule has 0 bridgehead atoms. The quantitative estimate of drug-likeness (QED) is 0.360. The molecule has 0 saturated heterocycles. The van der Waals surface area contributed by atoms with Gasteiger partial charge in [-0.1, -0.05) is 42.5 Å². The summed E-state index contributed by atoms with van der Waals surface area (Å²) >= 11 is 0. The summed E-state index contributed by atoms with van der Waals surface area (Å²) in [5.74, 6) is -1.62. The Balaban J connectivity index is 1.75. The second kappa shape index (κ2) is 12.3. The van der Waals surface area contributed by atoms with E-state index in [0.717, 1.165) is 24.0 Å². The van der Waals surface area contributed by atoms with Gasteiger partial charge in [0.25, 0.3) is 4.92 Å². The van der Waals surface area contributed by atoms with E-state index in [1.54, 1.807) is 12.2 Å². The molecule has 0 aromatic heterocycles. The van der Waals surface area contributed by atoms with E-state index in [9.17, 15) is 19.3 Å². The Labute approximate surface area is 202 Å². The van der Waals surface area contributed by atoms with Gasteiger partial charge < -0.3 is 15.7 Å². The van der Waals surface area contributed by atoms with Gasteiger partial charge in [0.1, 0.15) is 6.04 Å². The van der Waals surface area contributed by atoms with Gasteiger partial charge in [-0.05, 0) is 49.0 Å². The molecule has 9 heteroatoms. The first kappa shape index (κ1) is 25.4. The van der Waals surface area contributed by atoms with Crippen LogP contribution in [0.2, 0.25) is 0 Å². The fourth-order valence-corrected chi connectivity index (χ4v) is 3.85. The van der Waals surface area contributed by atoms with Gasteiger partial charge >= 0.3 is 11.7 Å². The Kier molecular flexibility index (Phi) is 8.89. The number of carboxylic acid groups (broad SMARTS) is 1. The van der Waals surface area contributed by atoms with E-state index in [2.05, 4.69) is 10.6 Å². The summed E-state index contributed by atoms with van der Waals surface area (Å²) in [5, 5.41) is 23.4. The summed E-state index contributed by atoms with van der Waals surface area (Å²) < 4.78 is 0. The number of anilines is 1. The molecular weight excluding hydrogens is 450 g/mol. The van der Waals surface area contributed by atoms with Gasteiger partial charge in [0.05, 0.1) is 4.91 Å². The smallest absolute Gasteiger partial charge is 0.316 e. The highest BCUT2D eigenvalue weighted by Crippen LogP contribution is 2.27. The summed E-state index contributed by atoms with van der Waals surface area (Å²) in [5.41, 5.74) is 2.77. The number of allylic oxidation sites excluding steroid dienone is 3. The molecule has 0 radical (unpaired) electrons. The van der Waals surface area contributed by atoms with Crippen LogP contribution < -0.4 is 10.6 Å². The third kappa shape index (κ3) is 7.63. The van der Waals surface area contributed by atoms with Gasteiger partial charge in [0.15, 0.2) is 0 Å². The summed E-state index contributed by atoms with van der Waals surface area (Å²) in [6.07, 6.45) is 6.36. The molecule has 9 nitrogen and oxygen atoms in total. The van der Waals surface area contributed by atoms with Gasteiger partial charge in [-0.3, -0.25) is 14.4 Å². The number of nitrogens with zero attached hydrogens (tertiary/aromatic N) is 1. The van der Waals surface area contributed by atoms with E-state index in [0.29, 0.717) is 24.1 Å². The van der Waals surface area contributed by atoms with Crippen LogP contribution in [0.25, 0.3) is 0 Å². The van der Waals surface area contributed by atoms with Crippen LogP contribution in [-0.2, 0) is 20.8 Å². The number of hydrogen-bond acceptors (Lipinski definition) is 4. The standard InChI is InChI=1S/C26H27N3O6/c30-24(31)12-5-4-9-19-10-6-11-22(19)25(32)28-23(17-18-7-2-1-3-8-18)26(33)27-20-13-15-21(16-14-20)29(34)35/h1-4,7-9,13-16,23H,5-6,10-12,17H2,(H3-,27,28,30,31,32,33,34,35)/p+1/b9-4+/t23-/m0/s1. The Hall–Kier alpha value is -4.27. The highest BCUT2D eigenvalue weighted by molar-refractivity contribution is 6.01. The van der Waals surface area contributed by atoms with E-state index in [1.807, 2.05) is 30.3 Å². The highest BCUT2D eigenvalue weighted by atomic mass is 16.6. The number of aliphatic carboxylic acids is 1. The first-order valence-corrected chi connectivity index (χ1v) is 11.4. The molecule has 1 aliphatic rings. The lowest BCUT2D eigenvalue weighted by atomic mass is 10.0. The molecule has 35 heavy (non-hydrogen) atoms. The molecule has 2 aromatic carbocycles. The fraction of sp³-hybridized carbons (Fsp3) is 0.269. The maximum atomic E-state index is 13.1. The summed E-state index contributed by atoms with van der Waals surface area (Å²) in [6, 6.07) is 14.1. The maximum Gasteiger partial charge on any atom is 0.316 e. The van der Waals surface area contributed by atoms with E-state index in [1.165, 1.54) is 24.3 Å². The van der Waals surface area contributed by atoms with Crippen molar-refractivity contribution in [1.29, 1.82) is 0 Å². The van der Waals surface area contributed by atoms with Crippen molar-refractivity contribution in [3.63, 3.8) is 0 Å². The van der Waals surface area contributed by atoms with Crippen molar-refractivity contribution in [3.05, 3.63) is 88.4 Å². The zero-order valence-corrected chi connectivity index (χ0v) is 19.1. The second-order valence-electron chi connectivity index (χ2n) is 8.22. The number of carbonyl (C=O) groups is 3. The van der Waals surface area contributed by atoms with Crippen molar-refractivity contribution in [2.24, 2.45) is 0 Å². The van der Waals surface area contributed by atoms with Gasteiger partial charge in [-0.25, -0.2) is 5.21 Å². The number of carbonyl (C=O) groups excluding carboxylic acids is 2. The van der Waals surface area contributed by atoms with Crippen LogP contribution in [0.1, 0.15) is 37.7 Å². The van der Waals surface area contributed by atoms with Crippen LogP contribution in [0.15, 0.2) is 77.9 Å². The molecule has 0 heterocycles. The number of rotatable bonds is 11. The topological polar surface area (TPSA) is 136 Å². The number of nitrogens with one attached hydrogen (secondary N) is 2. The Morgan fingerprint density at radius 1 is 1.03 bits per heavy atom. The predicted octanol–water partition coefficient (Wildman–Crippen LogP) is 4.05. The molecule has 0 saturated carbocycles. The van der Waals surface area contributed by atoms with Crippen molar-refractivity contribution < 1.29 is 29.6 Å². The van der Waals surface area contributed by atoms with Gasteiger partial charge in [0, 0.05) is 36.2 Å². The second-order valence-corrected chi connectivity index (χ2v) is 8.22. The van der Waals surface area contributed by atoms with Gasteiger partial charge in [-0.2, -0.15) is 0 Å². The van der Waals surface area contributed by atoms with Crippen LogP contribution in [0.5, 0.6) is 0 Å². The van der Waals surface area contributed by atoms with E-state index in [-0.39, 0.29) is 29.4 Å². The van der Waals surface area contributed by atoms with Crippen LogP contribution in [0.3, 0.4) is 0 Å². The van der Waals surface area contributed by atoms with Crippen LogP contribution in [0.4, 0.5) is 11.4 Å². The summed E-state index contributed by atoms with van der Waals surface area (Å²) in [7, 11) is 0. The van der Waals surface area contributed by atoms with Crippen molar-refractivity contribution in [2.75, 3.05) is 5.32 Å². The molecule has 0 spiro atoms. The predicted molar refractivity (Wildman–Crippen MR) is 129 cm³/mol.